The molecule has 0 aliphatic heterocycles. The zero-order chi connectivity index (χ0) is 14.8. The molecular weight excluding hydrogens is 260 g/mol. The molecule has 0 bridgehead atoms. The molecule has 2 rings (SSSR count). The molecule has 0 aliphatic carbocycles. The molecular formula is C16H17F2NO. The number of aliphatic hydroxyl groups excluding tert-OH is 1. The average Bonchev–Trinajstić information content (AvgIpc) is 2.41. The van der Waals surface area contributed by atoms with E-state index in [9.17, 15) is 13.9 Å². The van der Waals surface area contributed by atoms with Crippen molar-refractivity contribution >= 4 is 5.69 Å². The highest BCUT2D eigenvalue weighted by molar-refractivity contribution is 5.49. The molecule has 1 unspecified atom stereocenters. The maximum atomic E-state index is 13.9. The molecule has 2 N–H and O–H groups in total. The number of rotatable bonds is 4. The monoisotopic (exact) mass is 277 g/mol. The maximum absolute atomic E-state index is 13.9. The quantitative estimate of drug-likeness (QED) is 0.895. The Bertz CT molecular complexity index is 615. The Balaban J connectivity index is 2.40. The minimum absolute atomic E-state index is 0.0986. The standard InChI is InChI=1S/C16H17F2NO/c1-11-4-3-5-13(8-11)19-16(2,10-20)14-9-12(17)6-7-15(14)18/h3-9,19-20H,10H2,1-2H3. The fraction of sp³-hybridized carbons (Fsp3) is 0.250. The van der Waals surface area contributed by atoms with Gasteiger partial charge in [0.1, 0.15) is 11.6 Å². The van der Waals surface area contributed by atoms with Crippen LogP contribution in [0, 0.1) is 18.6 Å². The summed E-state index contributed by atoms with van der Waals surface area (Å²) in [5, 5.41) is 12.7. The summed E-state index contributed by atoms with van der Waals surface area (Å²) < 4.78 is 27.3. The lowest BCUT2D eigenvalue weighted by Gasteiger charge is -2.31. The molecule has 0 saturated heterocycles. The second-order valence-corrected chi connectivity index (χ2v) is 5.11. The number of hydrogen-bond acceptors (Lipinski definition) is 2. The van der Waals surface area contributed by atoms with Gasteiger partial charge in [-0.15, -0.1) is 0 Å². The third-order valence-electron chi connectivity index (χ3n) is 3.28. The van der Waals surface area contributed by atoms with Gasteiger partial charge in [0.25, 0.3) is 0 Å². The molecule has 106 valence electrons. The van der Waals surface area contributed by atoms with Crippen molar-refractivity contribution in [2.75, 3.05) is 11.9 Å². The highest BCUT2D eigenvalue weighted by Gasteiger charge is 2.29. The lowest BCUT2D eigenvalue weighted by Crippen LogP contribution is -2.37. The van der Waals surface area contributed by atoms with Gasteiger partial charge in [-0.25, -0.2) is 8.78 Å². The zero-order valence-corrected chi connectivity index (χ0v) is 11.5. The van der Waals surface area contributed by atoms with Crippen molar-refractivity contribution in [2.45, 2.75) is 19.4 Å². The van der Waals surface area contributed by atoms with E-state index in [1.165, 1.54) is 0 Å². The molecule has 0 spiro atoms. The third kappa shape index (κ3) is 2.96. The zero-order valence-electron chi connectivity index (χ0n) is 11.5. The van der Waals surface area contributed by atoms with Crippen LogP contribution < -0.4 is 5.32 Å². The number of nitrogens with one attached hydrogen (secondary N) is 1. The number of aryl methyl sites for hydroxylation is 1. The number of halogens is 2. The summed E-state index contributed by atoms with van der Waals surface area (Å²) in [6.07, 6.45) is 0. The topological polar surface area (TPSA) is 32.3 Å². The average molecular weight is 277 g/mol. The molecule has 0 heterocycles. The van der Waals surface area contributed by atoms with Crippen molar-refractivity contribution in [3.63, 3.8) is 0 Å². The normalized spacial score (nSPS) is 13.8. The Morgan fingerprint density at radius 1 is 1.15 bits per heavy atom. The van der Waals surface area contributed by atoms with Gasteiger partial charge in [0.15, 0.2) is 0 Å². The highest BCUT2D eigenvalue weighted by Crippen LogP contribution is 2.28. The van der Waals surface area contributed by atoms with Gasteiger partial charge in [-0.05, 0) is 49.7 Å². The molecule has 0 aliphatic rings. The molecule has 0 saturated carbocycles. The Kier molecular flexibility index (Phi) is 4.04. The summed E-state index contributed by atoms with van der Waals surface area (Å²) in [4.78, 5) is 0. The predicted octanol–water partition coefficient (Wildman–Crippen LogP) is 3.59. The van der Waals surface area contributed by atoms with Crippen molar-refractivity contribution in [1.82, 2.24) is 0 Å². The molecule has 2 aromatic rings. The molecule has 0 amide bonds. The van der Waals surface area contributed by atoms with Crippen molar-refractivity contribution < 1.29 is 13.9 Å². The molecule has 0 fully saturated rings. The van der Waals surface area contributed by atoms with Gasteiger partial charge in [0.2, 0.25) is 0 Å². The predicted molar refractivity (Wildman–Crippen MR) is 75.6 cm³/mol. The third-order valence-corrected chi connectivity index (χ3v) is 3.28. The van der Waals surface area contributed by atoms with Gasteiger partial charge in [0.05, 0.1) is 12.1 Å². The van der Waals surface area contributed by atoms with Crippen molar-refractivity contribution in [3.05, 3.63) is 65.2 Å². The van der Waals surface area contributed by atoms with Crippen LogP contribution in [0.15, 0.2) is 42.5 Å². The lowest BCUT2D eigenvalue weighted by molar-refractivity contribution is 0.220. The van der Waals surface area contributed by atoms with Crippen LogP contribution in [0.4, 0.5) is 14.5 Å². The van der Waals surface area contributed by atoms with Gasteiger partial charge < -0.3 is 10.4 Å². The summed E-state index contributed by atoms with van der Waals surface area (Å²) in [6.45, 7) is 3.21. The maximum Gasteiger partial charge on any atom is 0.129 e. The summed E-state index contributed by atoms with van der Waals surface area (Å²) >= 11 is 0. The highest BCUT2D eigenvalue weighted by atomic mass is 19.1. The van der Waals surface area contributed by atoms with Crippen LogP contribution in [-0.4, -0.2) is 11.7 Å². The fourth-order valence-electron chi connectivity index (χ4n) is 2.15. The number of benzene rings is 2. The smallest absolute Gasteiger partial charge is 0.129 e. The Labute approximate surface area is 117 Å². The first-order valence-electron chi connectivity index (χ1n) is 6.36. The Hall–Kier alpha value is -1.94. The summed E-state index contributed by atoms with van der Waals surface area (Å²) in [6, 6.07) is 10.7. The van der Waals surface area contributed by atoms with E-state index >= 15 is 0 Å². The van der Waals surface area contributed by atoms with Gasteiger partial charge in [-0.2, -0.15) is 0 Å². The van der Waals surface area contributed by atoms with Crippen molar-refractivity contribution in [1.29, 1.82) is 0 Å². The second-order valence-electron chi connectivity index (χ2n) is 5.11. The van der Waals surface area contributed by atoms with Gasteiger partial charge in [0, 0.05) is 11.3 Å². The van der Waals surface area contributed by atoms with E-state index in [2.05, 4.69) is 5.32 Å². The first kappa shape index (κ1) is 14.5. The molecule has 2 aromatic carbocycles. The molecule has 2 nitrogen and oxygen atoms in total. The molecule has 20 heavy (non-hydrogen) atoms. The van der Waals surface area contributed by atoms with Gasteiger partial charge >= 0.3 is 0 Å². The van der Waals surface area contributed by atoms with E-state index in [0.29, 0.717) is 0 Å². The summed E-state index contributed by atoms with van der Waals surface area (Å²) in [5.74, 6) is -1.09. The molecule has 4 heteroatoms. The SMILES string of the molecule is Cc1cccc(NC(C)(CO)c2cc(F)ccc2F)c1. The number of hydrogen-bond donors (Lipinski definition) is 2. The van der Waals surface area contributed by atoms with E-state index < -0.39 is 17.2 Å². The van der Waals surface area contributed by atoms with Gasteiger partial charge in [-0.1, -0.05) is 12.1 Å². The Morgan fingerprint density at radius 3 is 2.55 bits per heavy atom. The molecule has 0 aromatic heterocycles. The summed E-state index contributed by atoms with van der Waals surface area (Å²) in [7, 11) is 0. The fourth-order valence-corrected chi connectivity index (χ4v) is 2.15. The second kappa shape index (κ2) is 5.59. The molecule has 1 atom stereocenters. The number of anilines is 1. The minimum atomic E-state index is -1.10. The van der Waals surface area contributed by atoms with Crippen LogP contribution in [0.3, 0.4) is 0 Å². The minimum Gasteiger partial charge on any atom is -0.394 e. The van der Waals surface area contributed by atoms with Crippen LogP contribution in [0.2, 0.25) is 0 Å². The Morgan fingerprint density at radius 2 is 1.90 bits per heavy atom. The van der Waals surface area contributed by atoms with Gasteiger partial charge in [-0.3, -0.25) is 0 Å². The lowest BCUT2D eigenvalue weighted by atomic mass is 9.91. The molecule has 0 radical (unpaired) electrons. The van der Waals surface area contributed by atoms with Crippen LogP contribution in [0.1, 0.15) is 18.1 Å². The summed E-state index contributed by atoms with van der Waals surface area (Å²) in [5.41, 5.74) is 0.779. The largest absolute Gasteiger partial charge is 0.394 e. The van der Waals surface area contributed by atoms with Crippen LogP contribution in [-0.2, 0) is 5.54 Å². The van der Waals surface area contributed by atoms with Crippen LogP contribution >= 0.6 is 0 Å². The van der Waals surface area contributed by atoms with E-state index in [1.807, 2.05) is 31.2 Å². The van der Waals surface area contributed by atoms with E-state index in [1.54, 1.807) is 6.92 Å². The first-order chi connectivity index (χ1) is 9.44. The van der Waals surface area contributed by atoms with E-state index in [-0.39, 0.29) is 12.2 Å². The van der Waals surface area contributed by atoms with Crippen molar-refractivity contribution in [3.8, 4) is 0 Å². The van der Waals surface area contributed by atoms with E-state index in [4.69, 9.17) is 0 Å². The van der Waals surface area contributed by atoms with Crippen LogP contribution in [0.25, 0.3) is 0 Å². The number of aliphatic hydroxyl groups is 1. The van der Waals surface area contributed by atoms with E-state index in [0.717, 1.165) is 29.4 Å². The van der Waals surface area contributed by atoms with Crippen molar-refractivity contribution in [2.24, 2.45) is 0 Å². The first-order valence-corrected chi connectivity index (χ1v) is 6.36. The van der Waals surface area contributed by atoms with Crippen LogP contribution in [0.5, 0.6) is 0 Å².